The topological polar surface area (TPSA) is 58.6 Å². The molecule has 0 fully saturated rings. The van der Waals surface area contributed by atoms with Gasteiger partial charge in [0.1, 0.15) is 5.75 Å². The number of hydrogen-bond acceptors (Lipinski definition) is 4. The summed E-state index contributed by atoms with van der Waals surface area (Å²) in [5, 5.41) is 3.26. The lowest BCUT2D eigenvalue weighted by Crippen LogP contribution is -2.15. The minimum atomic E-state index is -0.217. The maximum absolute atomic E-state index is 12.4. The van der Waals surface area contributed by atoms with Crippen LogP contribution < -0.4 is 15.0 Å². The van der Waals surface area contributed by atoms with E-state index in [0.29, 0.717) is 22.0 Å². The SMILES string of the molecule is COc1ccc(Cl)cc1C(=O)CCC(=O)Nc1cccc(N(C)C)c1. The van der Waals surface area contributed by atoms with Crippen LogP contribution in [-0.4, -0.2) is 32.9 Å². The van der Waals surface area contributed by atoms with Crippen LogP contribution in [0.2, 0.25) is 5.02 Å². The first-order valence-corrected chi connectivity index (χ1v) is 8.22. The number of Topliss-reactive ketones (excluding diaryl/α,β-unsaturated/α-hetero) is 1. The van der Waals surface area contributed by atoms with Gasteiger partial charge in [-0.2, -0.15) is 0 Å². The van der Waals surface area contributed by atoms with Crippen molar-refractivity contribution in [3.8, 4) is 5.75 Å². The Balaban J connectivity index is 1.97. The first-order chi connectivity index (χ1) is 11.9. The summed E-state index contributed by atoms with van der Waals surface area (Å²) in [4.78, 5) is 26.4. The van der Waals surface area contributed by atoms with Crippen molar-refractivity contribution in [3.63, 3.8) is 0 Å². The smallest absolute Gasteiger partial charge is 0.224 e. The van der Waals surface area contributed by atoms with Gasteiger partial charge < -0.3 is 15.0 Å². The second kappa shape index (κ2) is 8.53. The Kier molecular flexibility index (Phi) is 6.42. The van der Waals surface area contributed by atoms with Crippen LogP contribution >= 0.6 is 11.6 Å². The summed E-state index contributed by atoms with van der Waals surface area (Å²) >= 11 is 5.94. The summed E-state index contributed by atoms with van der Waals surface area (Å²) < 4.78 is 5.17. The molecule has 0 radical (unpaired) electrons. The highest BCUT2D eigenvalue weighted by atomic mass is 35.5. The van der Waals surface area contributed by atoms with Crippen molar-refractivity contribution in [1.82, 2.24) is 0 Å². The summed E-state index contributed by atoms with van der Waals surface area (Å²) in [6, 6.07) is 12.4. The average molecular weight is 361 g/mol. The van der Waals surface area contributed by atoms with Crippen molar-refractivity contribution in [2.75, 3.05) is 31.4 Å². The lowest BCUT2D eigenvalue weighted by atomic mass is 10.1. The van der Waals surface area contributed by atoms with Gasteiger partial charge in [0.15, 0.2) is 5.78 Å². The molecule has 2 rings (SSSR count). The van der Waals surface area contributed by atoms with Gasteiger partial charge in [0.25, 0.3) is 0 Å². The number of nitrogens with one attached hydrogen (secondary N) is 1. The van der Waals surface area contributed by atoms with E-state index in [-0.39, 0.29) is 24.5 Å². The van der Waals surface area contributed by atoms with Gasteiger partial charge >= 0.3 is 0 Å². The third-order valence-corrected chi connectivity index (χ3v) is 3.92. The van der Waals surface area contributed by atoms with Gasteiger partial charge in [-0.3, -0.25) is 9.59 Å². The second-order valence-corrected chi connectivity index (χ2v) is 6.20. The summed E-state index contributed by atoms with van der Waals surface area (Å²) in [5.41, 5.74) is 2.07. The molecule has 132 valence electrons. The number of ether oxygens (including phenoxy) is 1. The number of rotatable bonds is 7. The van der Waals surface area contributed by atoms with Gasteiger partial charge in [0, 0.05) is 43.3 Å². The van der Waals surface area contributed by atoms with Crippen LogP contribution in [0.15, 0.2) is 42.5 Å². The Morgan fingerprint density at radius 2 is 1.88 bits per heavy atom. The number of benzene rings is 2. The predicted molar refractivity (Wildman–Crippen MR) is 101 cm³/mol. The van der Waals surface area contributed by atoms with Crippen molar-refractivity contribution < 1.29 is 14.3 Å². The van der Waals surface area contributed by atoms with E-state index in [1.165, 1.54) is 7.11 Å². The van der Waals surface area contributed by atoms with E-state index in [2.05, 4.69) is 5.32 Å². The molecule has 25 heavy (non-hydrogen) atoms. The number of halogens is 1. The molecule has 0 aliphatic heterocycles. The minimum absolute atomic E-state index is 0.0793. The number of methoxy groups -OCH3 is 1. The number of hydrogen-bond donors (Lipinski definition) is 1. The van der Waals surface area contributed by atoms with Crippen LogP contribution in [0.4, 0.5) is 11.4 Å². The lowest BCUT2D eigenvalue weighted by Gasteiger charge is -2.14. The molecule has 0 saturated carbocycles. The monoisotopic (exact) mass is 360 g/mol. The third kappa shape index (κ3) is 5.22. The van der Waals surface area contributed by atoms with E-state index in [0.717, 1.165) is 5.69 Å². The first kappa shape index (κ1) is 18.8. The Bertz CT molecular complexity index is 775. The molecular weight excluding hydrogens is 340 g/mol. The normalized spacial score (nSPS) is 10.2. The van der Waals surface area contributed by atoms with Crippen LogP contribution in [-0.2, 0) is 4.79 Å². The van der Waals surface area contributed by atoms with Crippen molar-refractivity contribution in [2.45, 2.75) is 12.8 Å². The van der Waals surface area contributed by atoms with Crippen molar-refractivity contribution >= 4 is 34.7 Å². The fourth-order valence-corrected chi connectivity index (χ4v) is 2.52. The predicted octanol–water partition coefficient (Wildman–Crippen LogP) is 4.02. The Hall–Kier alpha value is -2.53. The molecule has 1 amide bonds. The molecule has 0 aliphatic carbocycles. The molecule has 2 aromatic carbocycles. The lowest BCUT2D eigenvalue weighted by molar-refractivity contribution is -0.116. The summed E-state index contributed by atoms with van der Waals surface area (Å²) in [6.45, 7) is 0. The summed E-state index contributed by atoms with van der Waals surface area (Å²) in [5.74, 6) is 0.0512. The molecular formula is C19H21ClN2O3. The third-order valence-electron chi connectivity index (χ3n) is 3.69. The molecule has 2 aromatic rings. The fourth-order valence-electron chi connectivity index (χ4n) is 2.35. The Morgan fingerprint density at radius 3 is 2.56 bits per heavy atom. The van der Waals surface area contributed by atoms with E-state index in [1.807, 2.05) is 43.3 Å². The number of anilines is 2. The number of ketones is 1. The summed E-state index contributed by atoms with van der Waals surface area (Å²) in [7, 11) is 5.35. The highest BCUT2D eigenvalue weighted by Crippen LogP contribution is 2.24. The first-order valence-electron chi connectivity index (χ1n) is 7.84. The zero-order chi connectivity index (χ0) is 18.4. The molecule has 0 aromatic heterocycles. The van der Waals surface area contributed by atoms with Gasteiger partial charge in [0.05, 0.1) is 12.7 Å². The Morgan fingerprint density at radius 1 is 1.12 bits per heavy atom. The quantitative estimate of drug-likeness (QED) is 0.758. The molecule has 6 heteroatoms. The number of nitrogens with zero attached hydrogens (tertiary/aromatic N) is 1. The zero-order valence-electron chi connectivity index (χ0n) is 14.5. The van der Waals surface area contributed by atoms with Crippen LogP contribution in [0.25, 0.3) is 0 Å². The molecule has 1 N–H and O–H groups in total. The second-order valence-electron chi connectivity index (χ2n) is 5.76. The van der Waals surface area contributed by atoms with Crippen LogP contribution in [0.3, 0.4) is 0 Å². The van der Waals surface area contributed by atoms with E-state index >= 15 is 0 Å². The van der Waals surface area contributed by atoms with Gasteiger partial charge in [0.2, 0.25) is 5.91 Å². The van der Waals surface area contributed by atoms with Crippen molar-refractivity contribution in [2.24, 2.45) is 0 Å². The highest BCUT2D eigenvalue weighted by Gasteiger charge is 2.15. The molecule has 0 unspecified atom stereocenters. The van der Waals surface area contributed by atoms with E-state index in [9.17, 15) is 9.59 Å². The molecule has 5 nitrogen and oxygen atoms in total. The molecule has 0 bridgehead atoms. The van der Waals surface area contributed by atoms with E-state index < -0.39 is 0 Å². The maximum atomic E-state index is 12.4. The van der Waals surface area contributed by atoms with Gasteiger partial charge in [-0.1, -0.05) is 17.7 Å². The summed E-state index contributed by atoms with van der Waals surface area (Å²) in [6.07, 6.45) is 0.163. The number of carbonyl (C=O) groups excluding carboxylic acids is 2. The molecule has 0 spiro atoms. The molecule has 0 heterocycles. The van der Waals surface area contributed by atoms with Crippen molar-refractivity contribution in [1.29, 1.82) is 0 Å². The van der Waals surface area contributed by atoms with Crippen LogP contribution in [0.1, 0.15) is 23.2 Å². The van der Waals surface area contributed by atoms with Gasteiger partial charge in [-0.15, -0.1) is 0 Å². The highest BCUT2D eigenvalue weighted by molar-refractivity contribution is 6.31. The molecule has 0 aliphatic rings. The standard InChI is InChI=1S/C19H21ClN2O3/c1-22(2)15-6-4-5-14(12-15)21-19(24)10-8-17(23)16-11-13(20)7-9-18(16)25-3/h4-7,9,11-12H,8,10H2,1-3H3,(H,21,24). The number of carbonyl (C=O) groups is 2. The van der Waals surface area contributed by atoms with E-state index in [1.54, 1.807) is 18.2 Å². The Labute approximate surface area is 152 Å². The maximum Gasteiger partial charge on any atom is 0.224 e. The van der Waals surface area contributed by atoms with Crippen LogP contribution in [0, 0.1) is 0 Å². The number of amides is 1. The van der Waals surface area contributed by atoms with Crippen LogP contribution in [0.5, 0.6) is 5.75 Å². The fraction of sp³-hybridized carbons (Fsp3) is 0.263. The van der Waals surface area contributed by atoms with Crippen molar-refractivity contribution in [3.05, 3.63) is 53.1 Å². The van der Waals surface area contributed by atoms with Gasteiger partial charge in [-0.05, 0) is 36.4 Å². The van der Waals surface area contributed by atoms with Gasteiger partial charge in [-0.25, -0.2) is 0 Å². The van der Waals surface area contributed by atoms with E-state index in [4.69, 9.17) is 16.3 Å². The average Bonchev–Trinajstić information content (AvgIpc) is 2.59. The molecule has 0 atom stereocenters. The molecule has 0 saturated heterocycles. The zero-order valence-corrected chi connectivity index (χ0v) is 15.3. The minimum Gasteiger partial charge on any atom is -0.496 e. The largest absolute Gasteiger partial charge is 0.496 e.